The average Bonchev–Trinajstić information content (AvgIpc) is 3.19. The van der Waals surface area contributed by atoms with Crippen molar-refractivity contribution in [3.63, 3.8) is 0 Å². The molecule has 0 aliphatic heterocycles. The third-order valence-electron chi connectivity index (χ3n) is 3.27. The summed E-state index contributed by atoms with van der Waals surface area (Å²) >= 11 is 0. The van der Waals surface area contributed by atoms with Crippen molar-refractivity contribution in [1.82, 2.24) is 4.90 Å². The molecule has 2 saturated carbocycles. The Kier molecular flexibility index (Phi) is 9.12. The summed E-state index contributed by atoms with van der Waals surface area (Å²) in [4.78, 5) is 2.64. The molecule has 0 radical (unpaired) electrons. The smallest absolute Gasteiger partial charge is 0.00963 e. The largest absolute Gasteiger partial charge is 0.333 e. The van der Waals surface area contributed by atoms with E-state index in [2.05, 4.69) is 17.7 Å². The fourth-order valence-corrected chi connectivity index (χ4v) is 2.27. The zero-order chi connectivity index (χ0) is 11.7. The molecule has 0 saturated heterocycles. The molecular formula is C13H30N2. The molecule has 2 aliphatic carbocycles. The van der Waals surface area contributed by atoms with Gasteiger partial charge in [0.2, 0.25) is 0 Å². The van der Waals surface area contributed by atoms with E-state index in [-0.39, 0.29) is 0 Å². The molecule has 0 bridgehead atoms. The minimum atomic E-state index is 0.941. The second-order valence-corrected chi connectivity index (χ2v) is 4.19. The zero-order valence-electron chi connectivity index (χ0n) is 11.1. The lowest BCUT2D eigenvalue weighted by Crippen LogP contribution is -2.34. The second kappa shape index (κ2) is 9.17. The Labute approximate surface area is 96.2 Å². The monoisotopic (exact) mass is 214 g/mol. The summed E-state index contributed by atoms with van der Waals surface area (Å²) in [5.74, 6) is 0. The molecule has 92 valence electrons. The fraction of sp³-hybridized carbons (Fsp3) is 1.00. The Morgan fingerprint density at radius 3 is 1.60 bits per heavy atom. The van der Waals surface area contributed by atoms with Crippen LogP contribution in [-0.2, 0) is 0 Å². The van der Waals surface area contributed by atoms with Crippen molar-refractivity contribution in [2.24, 2.45) is 5.73 Å². The number of hydrogen-bond donors (Lipinski definition) is 1. The maximum Gasteiger partial charge on any atom is 0.00963 e. The number of nitrogens with zero attached hydrogens (tertiary/aromatic N) is 1. The van der Waals surface area contributed by atoms with Crippen molar-refractivity contribution in [3.05, 3.63) is 0 Å². The second-order valence-electron chi connectivity index (χ2n) is 4.19. The van der Waals surface area contributed by atoms with Crippen LogP contribution >= 0.6 is 0 Å². The molecule has 2 fully saturated rings. The van der Waals surface area contributed by atoms with E-state index in [1.807, 2.05) is 13.8 Å². The molecule has 0 atom stereocenters. The Bertz CT molecular complexity index is 126. The standard InChI is InChI=1S/C10H19N.C2H6.CH5N/c1-11(10-7-8-10)9-5-3-2-4-6-9;2*1-2/h9-10H,2-8H2,1H3;1-2H3;2H2,1H3. The minimum Gasteiger partial charge on any atom is -0.333 e. The van der Waals surface area contributed by atoms with Gasteiger partial charge in [0.15, 0.2) is 0 Å². The zero-order valence-corrected chi connectivity index (χ0v) is 11.1. The Balaban J connectivity index is 0.000000442. The van der Waals surface area contributed by atoms with Crippen molar-refractivity contribution in [2.45, 2.75) is 70.9 Å². The van der Waals surface area contributed by atoms with E-state index in [1.165, 1.54) is 52.0 Å². The number of nitrogens with two attached hydrogens (primary N) is 1. The molecule has 0 aromatic heterocycles. The van der Waals surface area contributed by atoms with Gasteiger partial charge in [-0.2, -0.15) is 0 Å². The van der Waals surface area contributed by atoms with E-state index in [9.17, 15) is 0 Å². The molecule has 2 aliphatic rings. The van der Waals surface area contributed by atoms with E-state index < -0.39 is 0 Å². The van der Waals surface area contributed by atoms with Gasteiger partial charge in [-0.3, -0.25) is 0 Å². The summed E-state index contributed by atoms with van der Waals surface area (Å²) in [5.41, 5.74) is 4.50. The van der Waals surface area contributed by atoms with E-state index in [0.29, 0.717) is 0 Å². The molecule has 2 N–H and O–H groups in total. The van der Waals surface area contributed by atoms with E-state index in [0.717, 1.165) is 12.1 Å². The summed E-state index contributed by atoms with van der Waals surface area (Å²) < 4.78 is 0. The van der Waals surface area contributed by atoms with Crippen LogP contribution < -0.4 is 5.73 Å². The molecule has 0 spiro atoms. The summed E-state index contributed by atoms with van der Waals surface area (Å²) in [6.45, 7) is 4.00. The van der Waals surface area contributed by atoms with Gasteiger partial charge in [0, 0.05) is 12.1 Å². The summed E-state index contributed by atoms with van der Waals surface area (Å²) in [5, 5.41) is 0. The quantitative estimate of drug-likeness (QED) is 0.765. The molecule has 0 heterocycles. The van der Waals surface area contributed by atoms with Gasteiger partial charge in [0.25, 0.3) is 0 Å². The Morgan fingerprint density at radius 2 is 1.20 bits per heavy atom. The highest BCUT2D eigenvalue weighted by Gasteiger charge is 2.31. The maximum absolute atomic E-state index is 4.50. The molecule has 2 rings (SSSR count). The van der Waals surface area contributed by atoms with Gasteiger partial charge in [0.05, 0.1) is 0 Å². The summed E-state index contributed by atoms with van der Waals surface area (Å²) in [6, 6.07) is 1.91. The lowest BCUT2D eigenvalue weighted by Gasteiger charge is -2.31. The summed E-state index contributed by atoms with van der Waals surface area (Å²) in [6.07, 6.45) is 10.3. The predicted molar refractivity (Wildman–Crippen MR) is 69.1 cm³/mol. The van der Waals surface area contributed by atoms with Gasteiger partial charge in [-0.1, -0.05) is 33.1 Å². The first-order valence-corrected chi connectivity index (χ1v) is 6.67. The van der Waals surface area contributed by atoms with Crippen LogP contribution in [0.25, 0.3) is 0 Å². The van der Waals surface area contributed by atoms with E-state index >= 15 is 0 Å². The van der Waals surface area contributed by atoms with Crippen LogP contribution in [0.2, 0.25) is 0 Å². The molecule has 15 heavy (non-hydrogen) atoms. The average molecular weight is 214 g/mol. The third kappa shape index (κ3) is 5.53. The topological polar surface area (TPSA) is 29.3 Å². The van der Waals surface area contributed by atoms with Gasteiger partial charge >= 0.3 is 0 Å². The first-order chi connectivity index (χ1) is 7.38. The lowest BCUT2D eigenvalue weighted by atomic mass is 9.94. The highest BCUT2D eigenvalue weighted by atomic mass is 15.2. The Hall–Kier alpha value is -0.0800. The van der Waals surface area contributed by atoms with Crippen LogP contribution in [0.3, 0.4) is 0 Å². The van der Waals surface area contributed by atoms with Crippen LogP contribution in [0.5, 0.6) is 0 Å². The molecule has 0 amide bonds. The van der Waals surface area contributed by atoms with Gasteiger partial charge in [0.1, 0.15) is 0 Å². The summed E-state index contributed by atoms with van der Waals surface area (Å²) in [7, 11) is 3.83. The van der Waals surface area contributed by atoms with Gasteiger partial charge in [-0.05, 0) is 39.8 Å². The number of rotatable bonds is 2. The fourth-order valence-electron chi connectivity index (χ4n) is 2.27. The lowest BCUT2D eigenvalue weighted by molar-refractivity contribution is 0.183. The van der Waals surface area contributed by atoms with Crippen LogP contribution in [0.4, 0.5) is 0 Å². The predicted octanol–water partition coefficient (Wildman–Crippen LogP) is 3.01. The molecular weight excluding hydrogens is 184 g/mol. The first-order valence-electron chi connectivity index (χ1n) is 6.67. The number of hydrogen-bond acceptors (Lipinski definition) is 2. The van der Waals surface area contributed by atoms with Crippen molar-refractivity contribution in [2.75, 3.05) is 14.1 Å². The molecule has 2 nitrogen and oxygen atoms in total. The van der Waals surface area contributed by atoms with Gasteiger partial charge in [-0.25, -0.2) is 0 Å². The third-order valence-corrected chi connectivity index (χ3v) is 3.27. The van der Waals surface area contributed by atoms with Gasteiger partial charge < -0.3 is 10.6 Å². The molecule has 0 aromatic rings. The highest BCUT2D eigenvalue weighted by Crippen LogP contribution is 2.31. The van der Waals surface area contributed by atoms with Crippen LogP contribution in [0.15, 0.2) is 0 Å². The van der Waals surface area contributed by atoms with Crippen molar-refractivity contribution >= 4 is 0 Å². The van der Waals surface area contributed by atoms with Crippen molar-refractivity contribution in [1.29, 1.82) is 0 Å². The minimum absolute atomic E-state index is 0.941. The van der Waals surface area contributed by atoms with E-state index in [1.54, 1.807) is 0 Å². The Morgan fingerprint density at radius 1 is 0.800 bits per heavy atom. The van der Waals surface area contributed by atoms with Gasteiger partial charge in [-0.15, -0.1) is 0 Å². The van der Waals surface area contributed by atoms with Crippen LogP contribution in [0.1, 0.15) is 58.8 Å². The molecule has 0 aromatic carbocycles. The van der Waals surface area contributed by atoms with Crippen molar-refractivity contribution in [3.8, 4) is 0 Å². The normalized spacial score (nSPS) is 21.2. The SMILES string of the molecule is CC.CN.CN(C1CCCCC1)C1CC1. The first kappa shape index (κ1) is 14.9. The van der Waals surface area contributed by atoms with Crippen LogP contribution in [-0.4, -0.2) is 31.1 Å². The molecule has 2 heteroatoms. The van der Waals surface area contributed by atoms with Crippen molar-refractivity contribution < 1.29 is 0 Å². The maximum atomic E-state index is 4.50. The van der Waals surface area contributed by atoms with E-state index in [4.69, 9.17) is 0 Å². The van der Waals surface area contributed by atoms with Crippen LogP contribution in [0, 0.1) is 0 Å². The molecule has 0 unspecified atom stereocenters. The highest BCUT2D eigenvalue weighted by molar-refractivity contribution is 4.87.